The molecular weight excluding hydrogens is 522 g/mol. The van der Waals surface area contributed by atoms with Crippen LogP contribution in [0.25, 0.3) is 16.8 Å². The highest BCUT2D eigenvalue weighted by Crippen LogP contribution is 2.34. The Morgan fingerprint density at radius 3 is 2.45 bits per heavy atom. The van der Waals surface area contributed by atoms with Crippen LogP contribution in [0, 0.1) is 0 Å². The Morgan fingerprint density at radius 1 is 1.16 bits per heavy atom. The van der Waals surface area contributed by atoms with E-state index in [1.807, 2.05) is 0 Å². The van der Waals surface area contributed by atoms with Crippen molar-refractivity contribution in [3.8, 4) is 23.0 Å². The number of hydrogen-bond acceptors (Lipinski definition) is 6. The van der Waals surface area contributed by atoms with Gasteiger partial charge in [-0.3, -0.25) is 4.98 Å². The fraction of sp³-hybridized carbons (Fsp3) is 0.478. The van der Waals surface area contributed by atoms with Gasteiger partial charge in [-0.15, -0.1) is 0 Å². The van der Waals surface area contributed by atoms with E-state index in [0.717, 1.165) is 4.90 Å². The summed E-state index contributed by atoms with van der Waals surface area (Å²) in [5.74, 6) is 0.330. The van der Waals surface area contributed by atoms with E-state index in [4.69, 9.17) is 9.47 Å². The number of halogens is 6. The quantitative estimate of drug-likeness (QED) is 0.371. The predicted molar refractivity (Wildman–Crippen MR) is 124 cm³/mol. The van der Waals surface area contributed by atoms with Gasteiger partial charge in [0.25, 0.3) is 0 Å². The van der Waals surface area contributed by atoms with Gasteiger partial charge in [-0.2, -0.15) is 40.9 Å². The Bertz CT molecular complexity index is 1260. The van der Waals surface area contributed by atoms with Crippen LogP contribution in [0.3, 0.4) is 0 Å². The van der Waals surface area contributed by atoms with E-state index in [2.05, 4.69) is 15.1 Å². The Kier molecular flexibility index (Phi) is 8.57. The van der Waals surface area contributed by atoms with Crippen molar-refractivity contribution in [2.75, 3.05) is 20.8 Å². The lowest BCUT2D eigenvalue weighted by Crippen LogP contribution is -2.51. The molecule has 15 heteroatoms. The van der Waals surface area contributed by atoms with Crippen molar-refractivity contribution in [1.82, 2.24) is 29.8 Å². The standard InChI is InChI=1S/C23H26F6N6O3/c1-5-34(20(36)33-19(23(27,28)29)6-8-22(24,25)26)13(2)16-11-15(18(37-3)12-30-16)17-10-14-7-9-31-35(14)21(32-17)38-4/h7,9-13,19H,5-6,8H2,1-4H3,(H,33,36). The van der Waals surface area contributed by atoms with Gasteiger partial charge >= 0.3 is 24.4 Å². The highest BCUT2D eigenvalue weighted by molar-refractivity contribution is 5.75. The summed E-state index contributed by atoms with van der Waals surface area (Å²) < 4.78 is 89.9. The molecule has 208 valence electrons. The van der Waals surface area contributed by atoms with Crippen molar-refractivity contribution in [3.05, 3.63) is 36.3 Å². The molecule has 2 amide bonds. The number of methoxy groups -OCH3 is 2. The number of pyridine rings is 1. The number of carbonyl (C=O) groups excluding carboxylic acids is 1. The Morgan fingerprint density at radius 2 is 1.87 bits per heavy atom. The third-order valence-electron chi connectivity index (χ3n) is 5.83. The normalized spacial score (nSPS) is 13.7. The van der Waals surface area contributed by atoms with Gasteiger partial charge in [0, 0.05) is 18.5 Å². The topological polar surface area (TPSA) is 93.9 Å². The number of amides is 2. The molecule has 0 aliphatic carbocycles. The van der Waals surface area contributed by atoms with Gasteiger partial charge in [-0.25, -0.2) is 4.79 Å². The first-order valence-corrected chi connectivity index (χ1v) is 11.4. The average Bonchev–Trinajstić information content (AvgIpc) is 3.33. The van der Waals surface area contributed by atoms with Crippen LogP contribution in [-0.2, 0) is 0 Å². The summed E-state index contributed by atoms with van der Waals surface area (Å²) >= 11 is 0. The average molecular weight is 548 g/mol. The van der Waals surface area contributed by atoms with Gasteiger partial charge < -0.3 is 19.7 Å². The van der Waals surface area contributed by atoms with Gasteiger partial charge in [0.2, 0.25) is 0 Å². The van der Waals surface area contributed by atoms with Crippen LogP contribution in [0.5, 0.6) is 11.8 Å². The third kappa shape index (κ3) is 6.55. The second kappa shape index (κ2) is 11.3. The summed E-state index contributed by atoms with van der Waals surface area (Å²) in [4.78, 5) is 22.6. The smallest absolute Gasteiger partial charge is 0.408 e. The van der Waals surface area contributed by atoms with Crippen molar-refractivity contribution in [1.29, 1.82) is 0 Å². The number of alkyl halides is 6. The molecule has 2 unspecified atom stereocenters. The summed E-state index contributed by atoms with van der Waals surface area (Å²) in [7, 11) is 2.84. The number of urea groups is 1. The molecule has 3 aromatic rings. The van der Waals surface area contributed by atoms with Crippen molar-refractivity contribution < 1.29 is 40.6 Å². The lowest BCUT2D eigenvalue weighted by Gasteiger charge is -2.31. The molecule has 1 N–H and O–H groups in total. The van der Waals surface area contributed by atoms with Gasteiger partial charge in [-0.1, -0.05) is 0 Å². The highest BCUT2D eigenvalue weighted by atomic mass is 19.4. The fourth-order valence-corrected chi connectivity index (χ4v) is 3.84. The van der Waals surface area contributed by atoms with Crippen molar-refractivity contribution in [3.63, 3.8) is 0 Å². The van der Waals surface area contributed by atoms with E-state index < -0.39 is 43.3 Å². The predicted octanol–water partition coefficient (Wildman–Crippen LogP) is 5.17. The lowest BCUT2D eigenvalue weighted by molar-refractivity contribution is -0.171. The second-order valence-electron chi connectivity index (χ2n) is 8.26. The van der Waals surface area contributed by atoms with Crippen LogP contribution in [0.15, 0.2) is 30.6 Å². The van der Waals surface area contributed by atoms with Gasteiger partial charge in [0.1, 0.15) is 11.8 Å². The van der Waals surface area contributed by atoms with E-state index >= 15 is 0 Å². The molecule has 0 saturated heterocycles. The SMILES string of the molecule is CCN(C(=O)NC(CCC(F)(F)F)C(F)(F)F)C(C)c1cc(-c2cc3ccnn3c(OC)n2)c(OC)cn1. The Balaban J connectivity index is 1.92. The summed E-state index contributed by atoms with van der Waals surface area (Å²) in [6, 6.07) is 0.480. The molecule has 38 heavy (non-hydrogen) atoms. The van der Waals surface area contributed by atoms with Gasteiger partial charge in [0.05, 0.1) is 49.6 Å². The number of ether oxygens (including phenoxy) is 2. The first-order valence-electron chi connectivity index (χ1n) is 11.4. The molecule has 3 heterocycles. The minimum atomic E-state index is -5.06. The molecule has 0 aliphatic heterocycles. The zero-order valence-electron chi connectivity index (χ0n) is 20.9. The lowest BCUT2D eigenvalue weighted by atomic mass is 10.1. The Hall–Kier alpha value is -3.78. The second-order valence-corrected chi connectivity index (χ2v) is 8.26. The van der Waals surface area contributed by atoms with Crippen LogP contribution >= 0.6 is 0 Å². The van der Waals surface area contributed by atoms with Crippen molar-refractivity contribution in [2.24, 2.45) is 0 Å². The first-order chi connectivity index (χ1) is 17.8. The summed E-state index contributed by atoms with van der Waals surface area (Å²) in [6.45, 7) is 3.01. The maximum atomic E-state index is 13.4. The number of aromatic nitrogens is 4. The van der Waals surface area contributed by atoms with Crippen LogP contribution in [-0.4, -0.2) is 69.7 Å². The molecule has 0 saturated carbocycles. The largest absolute Gasteiger partial charge is 0.494 e. The summed E-state index contributed by atoms with van der Waals surface area (Å²) in [5.41, 5.74) is 1.82. The first kappa shape index (κ1) is 28.8. The maximum absolute atomic E-state index is 13.4. The summed E-state index contributed by atoms with van der Waals surface area (Å²) in [5, 5.41) is 5.83. The third-order valence-corrected chi connectivity index (χ3v) is 5.83. The molecule has 3 aromatic heterocycles. The number of hydrogen-bond donors (Lipinski definition) is 1. The molecule has 0 bridgehead atoms. The van der Waals surface area contributed by atoms with Gasteiger partial charge in [0.15, 0.2) is 0 Å². The molecule has 2 atom stereocenters. The van der Waals surface area contributed by atoms with E-state index in [9.17, 15) is 31.1 Å². The van der Waals surface area contributed by atoms with E-state index in [-0.39, 0.29) is 18.2 Å². The molecule has 0 radical (unpaired) electrons. The zero-order valence-corrected chi connectivity index (χ0v) is 20.9. The van der Waals surface area contributed by atoms with Crippen LogP contribution < -0.4 is 14.8 Å². The molecule has 9 nitrogen and oxygen atoms in total. The number of fused-ring (bicyclic) bond motifs is 1. The molecule has 0 fully saturated rings. The number of rotatable bonds is 9. The minimum absolute atomic E-state index is 0.0479. The number of carbonyl (C=O) groups is 1. The fourth-order valence-electron chi connectivity index (χ4n) is 3.84. The zero-order chi connectivity index (χ0) is 28.3. The molecule has 0 spiro atoms. The van der Waals surface area contributed by atoms with Gasteiger partial charge in [-0.05, 0) is 38.5 Å². The molecular formula is C23H26F6N6O3. The summed E-state index contributed by atoms with van der Waals surface area (Å²) in [6.07, 6.45) is -9.95. The minimum Gasteiger partial charge on any atom is -0.494 e. The van der Waals surface area contributed by atoms with E-state index in [1.165, 1.54) is 38.8 Å². The maximum Gasteiger partial charge on any atom is 0.408 e. The van der Waals surface area contributed by atoms with E-state index in [0.29, 0.717) is 22.5 Å². The molecule has 3 rings (SSSR count). The molecule has 0 aliphatic rings. The monoisotopic (exact) mass is 548 g/mol. The number of nitrogens with zero attached hydrogens (tertiary/aromatic N) is 5. The molecule has 0 aromatic carbocycles. The van der Waals surface area contributed by atoms with Crippen LogP contribution in [0.1, 0.15) is 38.4 Å². The van der Waals surface area contributed by atoms with Crippen molar-refractivity contribution in [2.45, 2.75) is 51.1 Å². The van der Waals surface area contributed by atoms with Crippen LogP contribution in [0.2, 0.25) is 0 Å². The Labute approximate surface area is 213 Å². The van der Waals surface area contributed by atoms with Crippen molar-refractivity contribution >= 4 is 11.5 Å². The number of nitrogens with one attached hydrogen (secondary N) is 1. The van der Waals surface area contributed by atoms with E-state index in [1.54, 1.807) is 29.7 Å². The van der Waals surface area contributed by atoms with Crippen LogP contribution in [0.4, 0.5) is 31.1 Å². The highest BCUT2D eigenvalue weighted by Gasteiger charge is 2.43.